The quantitative estimate of drug-likeness (QED) is 0.837. The molecule has 1 saturated heterocycles. The zero-order chi connectivity index (χ0) is 10.7. The maximum Gasteiger partial charge on any atom is 0.110 e. The average molecular weight is 224 g/mol. The molecule has 0 radical (unpaired) electrons. The number of aliphatic hydroxyl groups is 1. The largest absolute Gasteiger partial charge is 0.393 e. The van der Waals surface area contributed by atoms with Crippen molar-refractivity contribution in [2.24, 2.45) is 5.92 Å². The van der Waals surface area contributed by atoms with Gasteiger partial charge in [0.2, 0.25) is 0 Å². The van der Waals surface area contributed by atoms with Crippen LogP contribution in [0.5, 0.6) is 0 Å². The number of ether oxygens (including phenoxy) is 1. The van der Waals surface area contributed by atoms with Crippen LogP contribution in [0.4, 0.5) is 0 Å². The minimum atomic E-state index is -0.222. The van der Waals surface area contributed by atoms with E-state index in [0.29, 0.717) is 6.61 Å². The first-order valence-electron chi connectivity index (χ1n) is 5.27. The molecule has 1 aromatic carbocycles. The van der Waals surface area contributed by atoms with Crippen molar-refractivity contribution < 1.29 is 9.84 Å². The predicted octanol–water partition coefficient (Wildman–Crippen LogP) is 2.52. The number of thioether (sulfide) groups is 1. The molecule has 0 bridgehead atoms. The van der Waals surface area contributed by atoms with Gasteiger partial charge in [0.25, 0.3) is 0 Å². The summed E-state index contributed by atoms with van der Waals surface area (Å²) < 4.78 is 5.67. The van der Waals surface area contributed by atoms with E-state index in [2.05, 4.69) is 12.1 Å². The van der Waals surface area contributed by atoms with E-state index in [0.717, 1.165) is 6.42 Å². The van der Waals surface area contributed by atoms with E-state index in [1.54, 1.807) is 11.8 Å². The Bertz CT molecular complexity index is 302. The molecular weight excluding hydrogens is 208 g/mol. The predicted molar refractivity (Wildman–Crippen MR) is 61.8 cm³/mol. The maximum absolute atomic E-state index is 9.73. The van der Waals surface area contributed by atoms with Crippen LogP contribution >= 0.6 is 11.8 Å². The van der Waals surface area contributed by atoms with Gasteiger partial charge in [-0.3, -0.25) is 0 Å². The van der Waals surface area contributed by atoms with Crippen LogP contribution in [0.3, 0.4) is 0 Å². The van der Waals surface area contributed by atoms with Gasteiger partial charge in [-0.25, -0.2) is 0 Å². The lowest BCUT2D eigenvalue weighted by Gasteiger charge is -2.30. The Hall–Kier alpha value is -0.510. The molecule has 1 unspecified atom stereocenters. The third-order valence-corrected chi connectivity index (χ3v) is 3.78. The molecule has 1 fully saturated rings. The number of benzene rings is 1. The van der Waals surface area contributed by atoms with Gasteiger partial charge in [-0.1, -0.05) is 36.9 Å². The molecular formula is C12H16O2S. The summed E-state index contributed by atoms with van der Waals surface area (Å²) in [5, 5.41) is 9.73. The number of aliphatic hydroxyl groups excluding tert-OH is 1. The fourth-order valence-corrected chi connectivity index (χ4v) is 2.66. The monoisotopic (exact) mass is 224 g/mol. The number of rotatable bonds is 2. The lowest BCUT2D eigenvalue weighted by molar-refractivity contribution is -0.0426. The first-order chi connectivity index (χ1) is 7.25. The molecule has 1 aliphatic heterocycles. The van der Waals surface area contributed by atoms with Crippen molar-refractivity contribution in [1.82, 2.24) is 0 Å². The van der Waals surface area contributed by atoms with Gasteiger partial charge in [-0.05, 0) is 12.1 Å². The zero-order valence-corrected chi connectivity index (χ0v) is 9.61. The normalized spacial score (nSPS) is 31.5. The summed E-state index contributed by atoms with van der Waals surface area (Å²) in [4.78, 5) is 1.20. The smallest absolute Gasteiger partial charge is 0.110 e. The average Bonchev–Trinajstić information content (AvgIpc) is 2.25. The van der Waals surface area contributed by atoms with Gasteiger partial charge in [-0.2, -0.15) is 0 Å². The Balaban J connectivity index is 1.91. The van der Waals surface area contributed by atoms with E-state index in [-0.39, 0.29) is 17.5 Å². The van der Waals surface area contributed by atoms with Gasteiger partial charge >= 0.3 is 0 Å². The summed E-state index contributed by atoms with van der Waals surface area (Å²) in [7, 11) is 0. The van der Waals surface area contributed by atoms with Crippen LogP contribution < -0.4 is 0 Å². The first kappa shape index (κ1) is 11.0. The van der Waals surface area contributed by atoms with Crippen molar-refractivity contribution in [3.05, 3.63) is 30.3 Å². The molecule has 1 N–H and O–H groups in total. The Labute approximate surface area is 94.6 Å². The lowest BCUT2D eigenvalue weighted by atomic mass is 10.0. The SMILES string of the molecule is C[C@H]1COC(Sc2ccccc2)C[C@@H]1O. The van der Waals surface area contributed by atoms with Crippen molar-refractivity contribution >= 4 is 11.8 Å². The minimum absolute atomic E-state index is 0.0959. The van der Waals surface area contributed by atoms with Gasteiger partial charge in [0, 0.05) is 17.2 Å². The van der Waals surface area contributed by atoms with Crippen molar-refractivity contribution in [2.75, 3.05) is 6.61 Å². The molecule has 1 aliphatic rings. The second-order valence-corrected chi connectivity index (χ2v) is 5.21. The van der Waals surface area contributed by atoms with E-state index in [1.807, 2.05) is 25.1 Å². The minimum Gasteiger partial charge on any atom is -0.393 e. The van der Waals surface area contributed by atoms with Gasteiger partial charge < -0.3 is 9.84 Å². The Morgan fingerprint density at radius 2 is 2.07 bits per heavy atom. The first-order valence-corrected chi connectivity index (χ1v) is 6.15. The molecule has 0 aliphatic carbocycles. The van der Waals surface area contributed by atoms with E-state index in [9.17, 15) is 5.11 Å². The van der Waals surface area contributed by atoms with E-state index >= 15 is 0 Å². The highest BCUT2D eigenvalue weighted by atomic mass is 32.2. The Morgan fingerprint density at radius 3 is 2.73 bits per heavy atom. The van der Waals surface area contributed by atoms with Crippen molar-refractivity contribution in [3.8, 4) is 0 Å². The molecule has 1 aromatic rings. The third-order valence-electron chi connectivity index (χ3n) is 2.65. The van der Waals surface area contributed by atoms with Crippen LogP contribution in [0.25, 0.3) is 0 Å². The second kappa shape index (κ2) is 5.01. The summed E-state index contributed by atoms with van der Waals surface area (Å²) in [5.74, 6) is 0.262. The molecule has 0 amide bonds. The van der Waals surface area contributed by atoms with Crippen LogP contribution in [-0.4, -0.2) is 23.3 Å². The highest BCUT2D eigenvalue weighted by Gasteiger charge is 2.27. The molecule has 0 aromatic heterocycles. The summed E-state index contributed by atoms with van der Waals surface area (Å²) in [5.41, 5.74) is 0.0959. The molecule has 3 atom stereocenters. The van der Waals surface area contributed by atoms with Gasteiger partial charge in [0.1, 0.15) is 5.44 Å². The summed E-state index contributed by atoms with van der Waals surface area (Å²) >= 11 is 1.69. The molecule has 2 rings (SSSR count). The Morgan fingerprint density at radius 1 is 1.33 bits per heavy atom. The molecule has 0 saturated carbocycles. The van der Waals surface area contributed by atoms with Crippen molar-refractivity contribution in [3.63, 3.8) is 0 Å². The van der Waals surface area contributed by atoms with Gasteiger partial charge in [0.15, 0.2) is 0 Å². The van der Waals surface area contributed by atoms with Crippen LogP contribution in [0.2, 0.25) is 0 Å². The van der Waals surface area contributed by atoms with Crippen molar-refractivity contribution in [2.45, 2.75) is 29.8 Å². The topological polar surface area (TPSA) is 29.5 Å². The van der Waals surface area contributed by atoms with Crippen LogP contribution in [-0.2, 0) is 4.74 Å². The molecule has 2 nitrogen and oxygen atoms in total. The third kappa shape index (κ3) is 2.97. The molecule has 82 valence electrons. The number of hydrogen-bond donors (Lipinski definition) is 1. The highest BCUT2D eigenvalue weighted by molar-refractivity contribution is 7.99. The molecule has 1 heterocycles. The lowest BCUT2D eigenvalue weighted by Crippen LogP contribution is -2.34. The molecule has 15 heavy (non-hydrogen) atoms. The second-order valence-electron chi connectivity index (χ2n) is 3.97. The fraction of sp³-hybridized carbons (Fsp3) is 0.500. The summed E-state index contributed by atoms with van der Waals surface area (Å²) in [6.45, 7) is 2.68. The fourth-order valence-electron chi connectivity index (χ4n) is 1.60. The van der Waals surface area contributed by atoms with Crippen molar-refractivity contribution in [1.29, 1.82) is 0 Å². The standard InChI is InChI=1S/C12H16O2S/c1-9-8-14-12(7-11(9)13)15-10-5-3-2-4-6-10/h2-6,9,11-13H,7-8H2,1H3/t9-,11-,12?/m0/s1. The van der Waals surface area contributed by atoms with Crippen LogP contribution in [0.1, 0.15) is 13.3 Å². The van der Waals surface area contributed by atoms with E-state index in [1.165, 1.54) is 4.90 Å². The summed E-state index contributed by atoms with van der Waals surface area (Å²) in [6.07, 6.45) is 0.501. The molecule has 0 spiro atoms. The van der Waals surface area contributed by atoms with Crippen LogP contribution in [0, 0.1) is 5.92 Å². The van der Waals surface area contributed by atoms with E-state index < -0.39 is 0 Å². The Kier molecular flexibility index (Phi) is 3.67. The highest BCUT2D eigenvalue weighted by Crippen LogP contribution is 2.31. The zero-order valence-electron chi connectivity index (χ0n) is 8.80. The van der Waals surface area contributed by atoms with Gasteiger partial charge in [0.05, 0.1) is 12.7 Å². The van der Waals surface area contributed by atoms with E-state index in [4.69, 9.17) is 4.74 Å². The number of hydrogen-bond acceptors (Lipinski definition) is 3. The molecule has 3 heteroatoms. The maximum atomic E-state index is 9.73. The summed E-state index contributed by atoms with van der Waals surface area (Å²) in [6, 6.07) is 10.2. The van der Waals surface area contributed by atoms with Crippen LogP contribution in [0.15, 0.2) is 35.2 Å². The van der Waals surface area contributed by atoms with Gasteiger partial charge in [-0.15, -0.1) is 0 Å².